The van der Waals surface area contributed by atoms with Gasteiger partial charge >= 0.3 is 0 Å². The van der Waals surface area contributed by atoms with Crippen LogP contribution in [0.25, 0.3) is 17.1 Å². The number of halogens is 1. The maximum atomic E-state index is 13.2. The Bertz CT molecular complexity index is 1240. The number of amides is 1. The second-order valence-corrected chi connectivity index (χ2v) is 9.06. The fourth-order valence-electron chi connectivity index (χ4n) is 3.46. The highest BCUT2D eigenvalue weighted by molar-refractivity contribution is 8.00. The number of para-hydroxylation sites is 1. The van der Waals surface area contributed by atoms with Gasteiger partial charge in [-0.1, -0.05) is 42.1 Å². The summed E-state index contributed by atoms with van der Waals surface area (Å²) in [6.45, 7) is 3.70. The number of thioether (sulfide) groups is 1. The molecule has 0 aliphatic rings. The normalized spacial score (nSPS) is 12.7. The predicted octanol–water partition coefficient (Wildman–Crippen LogP) is 5.44. The first kappa shape index (κ1) is 23.5. The van der Waals surface area contributed by atoms with E-state index in [2.05, 4.69) is 15.5 Å². The van der Waals surface area contributed by atoms with E-state index in [-0.39, 0.29) is 17.8 Å². The number of carbonyl (C=O) groups is 1. The molecule has 4 rings (SSSR count). The first-order chi connectivity index (χ1) is 16.5. The summed E-state index contributed by atoms with van der Waals surface area (Å²) in [5, 5.41) is 12.0. The van der Waals surface area contributed by atoms with Gasteiger partial charge in [-0.2, -0.15) is 0 Å². The molecule has 0 aliphatic carbocycles. The number of ether oxygens (including phenoxy) is 1. The van der Waals surface area contributed by atoms with Gasteiger partial charge in [-0.05, 0) is 67.9 Å². The van der Waals surface area contributed by atoms with Crippen LogP contribution in [-0.2, 0) is 4.79 Å². The number of methoxy groups -OCH3 is 1. The molecule has 174 valence electrons. The third-order valence-corrected chi connectivity index (χ3v) is 6.42. The molecule has 1 N–H and O–H groups in total. The molecule has 6 nitrogen and oxygen atoms in total. The van der Waals surface area contributed by atoms with Crippen molar-refractivity contribution >= 4 is 17.7 Å². The van der Waals surface area contributed by atoms with E-state index in [4.69, 9.17) is 4.74 Å². The Morgan fingerprint density at radius 2 is 1.65 bits per heavy atom. The van der Waals surface area contributed by atoms with Crippen LogP contribution in [0.2, 0.25) is 0 Å². The number of hydrogen-bond acceptors (Lipinski definition) is 5. The number of nitrogens with one attached hydrogen (secondary N) is 1. The van der Waals surface area contributed by atoms with Crippen LogP contribution in [0.15, 0.2) is 84.0 Å². The molecule has 0 aliphatic heterocycles. The first-order valence-corrected chi connectivity index (χ1v) is 11.7. The predicted molar refractivity (Wildman–Crippen MR) is 132 cm³/mol. The van der Waals surface area contributed by atoms with Crippen LogP contribution in [0, 0.1) is 5.82 Å². The van der Waals surface area contributed by atoms with Crippen molar-refractivity contribution in [2.24, 2.45) is 0 Å². The summed E-state index contributed by atoms with van der Waals surface area (Å²) in [7, 11) is 1.62. The van der Waals surface area contributed by atoms with Gasteiger partial charge in [0.15, 0.2) is 11.0 Å². The molecule has 0 fully saturated rings. The largest absolute Gasteiger partial charge is 0.497 e. The molecular weight excluding hydrogens is 451 g/mol. The van der Waals surface area contributed by atoms with E-state index in [0.29, 0.717) is 11.0 Å². The molecule has 0 spiro atoms. The van der Waals surface area contributed by atoms with Crippen molar-refractivity contribution in [2.75, 3.05) is 7.11 Å². The highest BCUT2D eigenvalue weighted by atomic mass is 32.2. The summed E-state index contributed by atoms with van der Waals surface area (Å²) in [4.78, 5) is 12.9. The molecule has 1 amide bonds. The molecule has 0 saturated heterocycles. The Morgan fingerprint density at radius 1 is 0.971 bits per heavy atom. The van der Waals surface area contributed by atoms with Crippen LogP contribution in [-0.4, -0.2) is 33.0 Å². The quantitative estimate of drug-likeness (QED) is 0.343. The molecule has 2 unspecified atom stereocenters. The second-order valence-electron chi connectivity index (χ2n) is 7.75. The van der Waals surface area contributed by atoms with Crippen molar-refractivity contribution in [3.8, 4) is 22.8 Å². The Balaban J connectivity index is 1.57. The van der Waals surface area contributed by atoms with E-state index < -0.39 is 5.25 Å². The van der Waals surface area contributed by atoms with E-state index in [1.807, 2.05) is 73.0 Å². The molecule has 4 aromatic rings. The van der Waals surface area contributed by atoms with Crippen molar-refractivity contribution in [2.45, 2.75) is 30.3 Å². The van der Waals surface area contributed by atoms with Crippen LogP contribution in [0.5, 0.6) is 5.75 Å². The molecule has 8 heteroatoms. The highest BCUT2D eigenvalue weighted by Gasteiger charge is 2.23. The summed E-state index contributed by atoms with van der Waals surface area (Å²) in [6.07, 6.45) is 0. The van der Waals surface area contributed by atoms with Crippen molar-refractivity contribution in [3.05, 3.63) is 90.2 Å². The van der Waals surface area contributed by atoms with Crippen LogP contribution >= 0.6 is 11.8 Å². The molecular formula is C26H25FN4O2S. The summed E-state index contributed by atoms with van der Waals surface area (Å²) < 4.78 is 20.4. The lowest BCUT2D eigenvalue weighted by molar-refractivity contribution is -0.120. The van der Waals surface area contributed by atoms with Gasteiger partial charge in [-0.15, -0.1) is 10.2 Å². The Labute approximate surface area is 202 Å². The molecule has 0 radical (unpaired) electrons. The number of rotatable bonds is 8. The van der Waals surface area contributed by atoms with E-state index in [1.165, 1.54) is 23.9 Å². The number of nitrogens with zero attached hydrogens (tertiary/aromatic N) is 3. The molecule has 1 aromatic heterocycles. The van der Waals surface area contributed by atoms with Crippen molar-refractivity contribution in [1.29, 1.82) is 0 Å². The summed E-state index contributed by atoms with van der Waals surface area (Å²) >= 11 is 1.33. The maximum absolute atomic E-state index is 13.2. The standard InChI is InChI=1S/C26H25FN4O2S/c1-17(19-9-13-21(27)14-10-19)28-25(32)18(2)34-26-30-29-24(20-11-15-23(33-3)16-12-20)31(26)22-7-5-4-6-8-22/h4-18H,1-3H3,(H,28,32). The van der Waals surface area contributed by atoms with Gasteiger partial charge in [0.1, 0.15) is 11.6 Å². The number of carbonyl (C=O) groups excluding carboxylic acids is 1. The van der Waals surface area contributed by atoms with E-state index in [0.717, 1.165) is 22.6 Å². The lowest BCUT2D eigenvalue weighted by Crippen LogP contribution is -2.33. The zero-order valence-electron chi connectivity index (χ0n) is 19.1. The molecule has 34 heavy (non-hydrogen) atoms. The van der Waals surface area contributed by atoms with Crippen LogP contribution in [0.4, 0.5) is 4.39 Å². The van der Waals surface area contributed by atoms with Crippen molar-refractivity contribution in [3.63, 3.8) is 0 Å². The summed E-state index contributed by atoms with van der Waals surface area (Å²) in [6, 6.07) is 23.3. The van der Waals surface area contributed by atoms with Gasteiger partial charge in [-0.25, -0.2) is 4.39 Å². The zero-order valence-corrected chi connectivity index (χ0v) is 19.9. The van der Waals surface area contributed by atoms with Gasteiger partial charge in [0.25, 0.3) is 0 Å². The highest BCUT2D eigenvalue weighted by Crippen LogP contribution is 2.31. The topological polar surface area (TPSA) is 69.0 Å². The van der Waals surface area contributed by atoms with Gasteiger partial charge in [0.2, 0.25) is 5.91 Å². The lowest BCUT2D eigenvalue weighted by atomic mass is 10.1. The van der Waals surface area contributed by atoms with Gasteiger partial charge < -0.3 is 10.1 Å². The van der Waals surface area contributed by atoms with Crippen LogP contribution in [0.3, 0.4) is 0 Å². The zero-order chi connectivity index (χ0) is 24.1. The fraction of sp³-hybridized carbons (Fsp3) is 0.192. The third kappa shape index (κ3) is 5.28. The smallest absolute Gasteiger partial charge is 0.233 e. The Hall–Kier alpha value is -3.65. The van der Waals surface area contributed by atoms with E-state index in [1.54, 1.807) is 19.2 Å². The molecule has 0 bridgehead atoms. The lowest BCUT2D eigenvalue weighted by Gasteiger charge is -2.18. The van der Waals surface area contributed by atoms with E-state index >= 15 is 0 Å². The molecule has 2 atom stereocenters. The van der Waals surface area contributed by atoms with Gasteiger partial charge in [0, 0.05) is 11.3 Å². The average Bonchev–Trinajstić information content (AvgIpc) is 3.28. The molecule has 3 aromatic carbocycles. The fourth-order valence-corrected chi connectivity index (χ4v) is 4.34. The minimum Gasteiger partial charge on any atom is -0.497 e. The maximum Gasteiger partial charge on any atom is 0.233 e. The Kier molecular flexibility index (Phi) is 7.27. The Morgan fingerprint density at radius 3 is 2.29 bits per heavy atom. The number of benzene rings is 3. The monoisotopic (exact) mass is 476 g/mol. The second kappa shape index (κ2) is 10.5. The van der Waals surface area contributed by atoms with Gasteiger partial charge in [-0.3, -0.25) is 9.36 Å². The molecule has 1 heterocycles. The van der Waals surface area contributed by atoms with Gasteiger partial charge in [0.05, 0.1) is 18.4 Å². The van der Waals surface area contributed by atoms with E-state index in [9.17, 15) is 9.18 Å². The van der Waals surface area contributed by atoms with Crippen molar-refractivity contribution in [1.82, 2.24) is 20.1 Å². The average molecular weight is 477 g/mol. The van der Waals surface area contributed by atoms with Crippen molar-refractivity contribution < 1.29 is 13.9 Å². The number of hydrogen-bond donors (Lipinski definition) is 1. The number of aromatic nitrogens is 3. The minimum atomic E-state index is -0.432. The van der Waals surface area contributed by atoms with Crippen LogP contribution in [0.1, 0.15) is 25.5 Å². The molecule has 0 saturated carbocycles. The third-order valence-electron chi connectivity index (χ3n) is 5.38. The minimum absolute atomic E-state index is 0.143. The van der Waals surface area contributed by atoms with Crippen LogP contribution < -0.4 is 10.1 Å². The summed E-state index contributed by atoms with van der Waals surface area (Å²) in [5.74, 6) is 0.975. The SMILES string of the molecule is COc1ccc(-c2nnc(SC(C)C(=O)NC(C)c3ccc(F)cc3)n2-c2ccccc2)cc1. The first-order valence-electron chi connectivity index (χ1n) is 10.8. The summed E-state index contributed by atoms with van der Waals surface area (Å²) in [5.41, 5.74) is 2.61.